The summed E-state index contributed by atoms with van der Waals surface area (Å²) in [4.78, 5) is 0. The maximum absolute atomic E-state index is 3.84. The van der Waals surface area contributed by atoms with Gasteiger partial charge >= 0.3 is 0 Å². The van der Waals surface area contributed by atoms with Crippen LogP contribution in [0.5, 0.6) is 0 Å². The van der Waals surface area contributed by atoms with E-state index in [1.54, 1.807) is 0 Å². The average molecular weight is 234 g/mol. The second kappa shape index (κ2) is 5.05. The Labute approximate surface area is 109 Å². The largest absolute Gasteiger partial charge is 0.0985 e. The molecule has 0 saturated heterocycles. The van der Waals surface area contributed by atoms with Gasteiger partial charge in [0.05, 0.1) is 0 Å². The molecule has 0 unspecified atom stereocenters. The number of hydrogen-bond acceptors (Lipinski definition) is 0. The zero-order valence-electron chi connectivity index (χ0n) is 11.0. The Balaban J connectivity index is 2.58. The second-order valence-electron chi connectivity index (χ2n) is 4.60. The Morgan fingerprint density at radius 3 is 1.83 bits per heavy atom. The molecule has 0 saturated carbocycles. The van der Waals surface area contributed by atoms with E-state index < -0.39 is 0 Å². The van der Waals surface area contributed by atoms with Gasteiger partial charge in [-0.2, -0.15) is 0 Å². The van der Waals surface area contributed by atoms with Gasteiger partial charge in [0.25, 0.3) is 0 Å². The number of aryl methyl sites for hydroxylation is 2. The third-order valence-corrected chi connectivity index (χ3v) is 3.29. The predicted octanol–water partition coefficient (Wildman–Crippen LogP) is 5.26. The molecule has 0 heteroatoms. The van der Waals surface area contributed by atoms with Gasteiger partial charge in [0.15, 0.2) is 0 Å². The standard InChI is InChI=1S/C18H18/c1-5-15-10-16(6-2)12-18(11-15)17-8-7-13(3)14(4)9-17/h5-12H,1-2H2,3-4H3. The smallest absolute Gasteiger partial charge is 0.0172 e. The first-order valence-electron chi connectivity index (χ1n) is 6.11. The van der Waals surface area contributed by atoms with Crippen molar-refractivity contribution in [2.45, 2.75) is 13.8 Å². The Morgan fingerprint density at radius 2 is 1.33 bits per heavy atom. The van der Waals surface area contributed by atoms with Crippen molar-refractivity contribution >= 4 is 12.2 Å². The van der Waals surface area contributed by atoms with Gasteiger partial charge < -0.3 is 0 Å². The van der Waals surface area contributed by atoms with E-state index in [-0.39, 0.29) is 0 Å². The lowest BCUT2D eigenvalue weighted by molar-refractivity contribution is 1.34. The van der Waals surface area contributed by atoms with E-state index in [0.717, 1.165) is 11.1 Å². The summed E-state index contributed by atoms with van der Waals surface area (Å²) < 4.78 is 0. The molecular formula is C18H18. The maximum Gasteiger partial charge on any atom is -0.0172 e. The van der Waals surface area contributed by atoms with Crippen molar-refractivity contribution in [1.82, 2.24) is 0 Å². The summed E-state index contributed by atoms with van der Waals surface area (Å²) in [5.41, 5.74) is 7.34. The molecule has 0 aromatic heterocycles. The van der Waals surface area contributed by atoms with E-state index in [2.05, 4.69) is 63.4 Å². The second-order valence-corrected chi connectivity index (χ2v) is 4.60. The van der Waals surface area contributed by atoms with Crippen LogP contribution in [0.2, 0.25) is 0 Å². The summed E-state index contributed by atoms with van der Waals surface area (Å²) in [6.45, 7) is 12.0. The molecule has 90 valence electrons. The minimum absolute atomic E-state index is 1.13. The van der Waals surface area contributed by atoms with Crippen LogP contribution in [0.15, 0.2) is 49.6 Å². The maximum atomic E-state index is 3.84. The molecule has 0 amide bonds. The zero-order valence-corrected chi connectivity index (χ0v) is 11.0. The zero-order chi connectivity index (χ0) is 13.1. The highest BCUT2D eigenvalue weighted by molar-refractivity contribution is 5.72. The Morgan fingerprint density at radius 1 is 0.722 bits per heavy atom. The van der Waals surface area contributed by atoms with Gasteiger partial charge in [0.1, 0.15) is 0 Å². The van der Waals surface area contributed by atoms with Crippen molar-refractivity contribution in [3.05, 3.63) is 71.8 Å². The van der Waals surface area contributed by atoms with Crippen LogP contribution in [0.4, 0.5) is 0 Å². The molecule has 2 rings (SSSR count). The molecule has 2 aromatic rings. The molecule has 2 aromatic carbocycles. The minimum Gasteiger partial charge on any atom is -0.0985 e. The van der Waals surface area contributed by atoms with E-state index in [1.807, 2.05) is 12.2 Å². The summed E-state index contributed by atoms with van der Waals surface area (Å²) in [7, 11) is 0. The third kappa shape index (κ3) is 2.43. The van der Waals surface area contributed by atoms with Crippen LogP contribution >= 0.6 is 0 Å². The fourth-order valence-corrected chi connectivity index (χ4v) is 2.00. The lowest BCUT2D eigenvalue weighted by atomic mass is 9.97. The lowest BCUT2D eigenvalue weighted by Crippen LogP contribution is -1.86. The highest BCUT2D eigenvalue weighted by Gasteiger charge is 2.02. The third-order valence-electron chi connectivity index (χ3n) is 3.29. The number of rotatable bonds is 3. The topological polar surface area (TPSA) is 0 Å². The van der Waals surface area contributed by atoms with E-state index >= 15 is 0 Å². The molecule has 0 bridgehead atoms. The first-order chi connectivity index (χ1) is 8.63. The number of benzene rings is 2. The van der Waals surface area contributed by atoms with E-state index in [1.165, 1.54) is 22.3 Å². The van der Waals surface area contributed by atoms with Crippen molar-refractivity contribution in [2.75, 3.05) is 0 Å². The molecule has 0 heterocycles. The molecule has 0 aliphatic rings. The molecule has 0 aliphatic heterocycles. The fraction of sp³-hybridized carbons (Fsp3) is 0.111. The molecule has 0 radical (unpaired) electrons. The van der Waals surface area contributed by atoms with E-state index in [9.17, 15) is 0 Å². The highest BCUT2D eigenvalue weighted by atomic mass is 14.1. The highest BCUT2D eigenvalue weighted by Crippen LogP contribution is 2.25. The first kappa shape index (κ1) is 12.4. The molecule has 0 spiro atoms. The van der Waals surface area contributed by atoms with Gasteiger partial charge in [-0.3, -0.25) is 0 Å². The molecule has 0 nitrogen and oxygen atoms in total. The van der Waals surface area contributed by atoms with Gasteiger partial charge in [-0.05, 0) is 65.4 Å². The van der Waals surface area contributed by atoms with Crippen molar-refractivity contribution in [2.24, 2.45) is 0 Å². The van der Waals surface area contributed by atoms with Crippen molar-refractivity contribution in [3.8, 4) is 11.1 Å². The van der Waals surface area contributed by atoms with Gasteiger partial charge in [-0.15, -0.1) is 0 Å². The molecule has 0 aliphatic carbocycles. The molecular weight excluding hydrogens is 216 g/mol. The Hall–Kier alpha value is -2.08. The van der Waals surface area contributed by atoms with Crippen molar-refractivity contribution in [1.29, 1.82) is 0 Å². The van der Waals surface area contributed by atoms with E-state index in [0.29, 0.717) is 0 Å². The summed E-state index contributed by atoms with van der Waals surface area (Å²) in [6, 6.07) is 13.0. The van der Waals surface area contributed by atoms with Gasteiger partial charge in [-0.1, -0.05) is 43.5 Å². The van der Waals surface area contributed by atoms with Gasteiger partial charge in [0, 0.05) is 0 Å². The normalized spacial score (nSPS) is 10.1. The molecule has 18 heavy (non-hydrogen) atoms. The van der Waals surface area contributed by atoms with Gasteiger partial charge in [0.2, 0.25) is 0 Å². The fourth-order valence-electron chi connectivity index (χ4n) is 2.00. The monoisotopic (exact) mass is 234 g/mol. The Kier molecular flexibility index (Phi) is 3.47. The summed E-state index contributed by atoms with van der Waals surface area (Å²) in [5.74, 6) is 0. The van der Waals surface area contributed by atoms with Crippen molar-refractivity contribution in [3.63, 3.8) is 0 Å². The number of hydrogen-bond donors (Lipinski definition) is 0. The van der Waals surface area contributed by atoms with Crippen LogP contribution in [-0.4, -0.2) is 0 Å². The first-order valence-corrected chi connectivity index (χ1v) is 6.11. The summed E-state index contributed by atoms with van der Waals surface area (Å²) in [6.07, 6.45) is 3.75. The van der Waals surface area contributed by atoms with Crippen LogP contribution in [0.1, 0.15) is 22.3 Å². The van der Waals surface area contributed by atoms with Crippen LogP contribution in [0.3, 0.4) is 0 Å². The predicted molar refractivity (Wildman–Crippen MR) is 81.5 cm³/mol. The minimum atomic E-state index is 1.13. The van der Waals surface area contributed by atoms with Crippen LogP contribution in [0, 0.1) is 13.8 Å². The Bertz CT molecular complexity index is 577. The lowest BCUT2D eigenvalue weighted by Gasteiger charge is -2.08. The van der Waals surface area contributed by atoms with Gasteiger partial charge in [-0.25, -0.2) is 0 Å². The molecule has 0 atom stereocenters. The van der Waals surface area contributed by atoms with Crippen LogP contribution in [-0.2, 0) is 0 Å². The van der Waals surface area contributed by atoms with Crippen molar-refractivity contribution < 1.29 is 0 Å². The summed E-state index contributed by atoms with van der Waals surface area (Å²) >= 11 is 0. The SMILES string of the molecule is C=Cc1cc(C=C)cc(-c2ccc(C)c(C)c2)c1. The summed E-state index contributed by atoms with van der Waals surface area (Å²) in [5, 5.41) is 0. The average Bonchev–Trinajstić information content (AvgIpc) is 2.41. The van der Waals surface area contributed by atoms with Crippen LogP contribution < -0.4 is 0 Å². The molecule has 0 fully saturated rings. The van der Waals surface area contributed by atoms with Crippen LogP contribution in [0.25, 0.3) is 23.3 Å². The quantitative estimate of drug-likeness (QED) is 0.679. The molecule has 0 N–H and O–H groups in total. The van der Waals surface area contributed by atoms with E-state index in [4.69, 9.17) is 0 Å².